The van der Waals surface area contributed by atoms with E-state index in [9.17, 15) is 0 Å². The number of allylic oxidation sites excluding steroid dienone is 2. The topological polar surface area (TPSA) is 47.3 Å². The summed E-state index contributed by atoms with van der Waals surface area (Å²) in [6.07, 6.45) is 8.09. The van der Waals surface area contributed by atoms with Crippen LogP contribution in [0.2, 0.25) is 0 Å². The summed E-state index contributed by atoms with van der Waals surface area (Å²) in [5, 5.41) is 3.12. The fourth-order valence-corrected chi connectivity index (χ4v) is 1.12. The molecule has 0 heterocycles. The Labute approximate surface area is 66.9 Å². The van der Waals surface area contributed by atoms with Crippen LogP contribution < -0.4 is 11.1 Å². The van der Waals surface area contributed by atoms with Gasteiger partial charge in [0, 0.05) is 0 Å². The molecule has 62 valence electrons. The third-order valence-corrected chi connectivity index (χ3v) is 1.71. The minimum absolute atomic E-state index is 0.0787. The van der Waals surface area contributed by atoms with Crippen molar-refractivity contribution < 1.29 is 4.74 Å². The van der Waals surface area contributed by atoms with Gasteiger partial charge in [0.2, 0.25) is 0 Å². The van der Waals surface area contributed by atoms with Crippen molar-refractivity contribution in [2.45, 2.75) is 12.1 Å². The highest BCUT2D eigenvalue weighted by molar-refractivity contribution is 5.18. The van der Waals surface area contributed by atoms with Crippen LogP contribution in [0.4, 0.5) is 0 Å². The highest BCUT2D eigenvalue weighted by atomic mass is 16.5. The maximum absolute atomic E-state index is 5.27. The summed E-state index contributed by atoms with van der Waals surface area (Å²) in [6, 6.07) is 0.253. The zero-order valence-electron chi connectivity index (χ0n) is 6.66. The maximum atomic E-state index is 5.27. The Morgan fingerprint density at radius 3 is 2.82 bits per heavy atom. The van der Waals surface area contributed by atoms with E-state index in [0.717, 1.165) is 0 Å². The molecule has 0 aliphatic heterocycles. The standard InChI is InChI=1S/C8H14N2O/c1-10-7-4-2-3-5-8(7)11-6-9/h2-5,7-8,10H,6,9H2,1H3. The summed E-state index contributed by atoms with van der Waals surface area (Å²) in [7, 11) is 1.90. The van der Waals surface area contributed by atoms with Crippen molar-refractivity contribution in [2.24, 2.45) is 5.73 Å². The van der Waals surface area contributed by atoms with Gasteiger partial charge in [-0.2, -0.15) is 0 Å². The lowest BCUT2D eigenvalue weighted by atomic mass is 10.1. The lowest BCUT2D eigenvalue weighted by molar-refractivity contribution is 0.0749. The smallest absolute Gasteiger partial charge is 0.0965 e. The molecule has 0 aromatic rings. The second-order valence-electron chi connectivity index (χ2n) is 2.38. The second kappa shape index (κ2) is 4.28. The van der Waals surface area contributed by atoms with Crippen molar-refractivity contribution in [1.82, 2.24) is 5.32 Å². The molecule has 3 heteroatoms. The predicted octanol–water partition coefficient (Wildman–Crippen LogP) is 0.00180. The molecule has 3 N–H and O–H groups in total. The molecule has 0 aromatic carbocycles. The number of ether oxygens (including phenoxy) is 1. The lowest BCUT2D eigenvalue weighted by Gasteiger charge is -2.22. The summed E-state index contributed by atoms with van der Waals surface area (Å²) in [6.45, 7) is 0.265. The number of hydrogen-bond donors (Lipinski definition) is 2. The number of rotatable bonds is 3. The normalized spacial score (nSPS) is 29.3. The van der Waals surface area contributed by atoms with E-state index < -0.39 is 0 Å². The summed E-state index contributed by atoms with van der Waals surface area (Å²) >= 11 is 0. The van der Waals surface area contributed by atoms with Crippen LogP contribution in [-0.2, 0) is 4.74 Å². The average Bonchev–Trinajstić information content (AvgIpc) is 2.06. The van der Waals surface area contributed by atoms with Gasteiger partial charge in [0.05, 0.1) is 18.9 Å². The third-order valence-electron chi connectivity index (χ3n) is 1.71. The van der Waals surface area contributed by atoms with Crippen molar-refractivity contribution in [3.05, 3.63) is 24.3 Å². The molecule has 0 fully saturated rings. The number of likely N-dealkylation sites (N-methyl/N-ethyl adjacent to an activating group) is 1. The van der Waals surface area contributed by atoms with Crippen LogP contribution in [0, 0.1) is 0 Å². The zero-order chi connectivity index (χ0) is 8.10. The van der Waals surface area contributed by atoms with Gasteiger partial charge in [-0.15, -0.1) is 0 Å². The van der Waals surface area contributed by atoms with Gasteiger partial charge in [0.15, 0.2) is 0 Å². The molecule has 0 aromatic heterocycles. The summed E-state index contributed by atoms with van der Waals surface area (Å²) in [4.78, 5) is 0. The molecule has 0 amide bonds. The van der Waals surface area contributed by atoms with E-state index >= 15 is 0 Å². The molecule has 0 saturated carbocycles. The Bertz CT molecular complexity index is 165. The molecule has 2 unspecified atom stereocenters. The van der Waals surface area contributed by atoms with E-state index in [1.165, 1.54) is 0 Å². The monoisotopic (exact) mass is 154 g/mol. The number of hydrogen-bond acceptors (Lipinski definition) is 3. The van der Waals surface area contributed by atoms with Crippen LogP contribution in [0.3, 0.4) is 0 Å². The molecule has 1 rings (SSSR count). The fourth-order valence-electron chi connectivity index (χ4n) is 1.12. The van der Waals surface area contributed by atoms with E-state index in [0.29, 0.717) is 0 Å². The van der Waals surface area contributed by atoms with Gasteiger partial charge in [-0.05, 0) is 7.05 Å². The Balaban J connectivity index is 2.48. The Morgan fingerprint density at radius 1 is 1.45 bits per heavy atom. The Kier molecular flexibility index (Phi) is 3.29. The quantitative estimate of drug-likeness (QED) is 0.563. The highest BCUT2D eigenvalue weighted by Crippen LogP contribution is 2.07. The van der Waals surface area contributed by atoms with Crippen LogP contribution in [0.1, 0.15) is 0 Å². The molecule has 11 heavy (non-hydrogen) atoms. The molecule has 0 saturated heterocycles. The van der Waals surface area contributed by atoms with Crippen molar-refractivity contribution in [3.8, 4) is 0 Å². The Morgan fingerprint density at radius 2 is 2.18 bits per heavy atom. The first-order valence-electron chi connectivity index (χ1n) is 3.72. The van der Waals surface area contributed by atoms with E-state index in [2.05, 4.69) is 11.4 Å². The van der Waals surface area contributed by atoms with Crippen LogP contribution in [0.25, 0.3) is 0 Å². The maximum Gasteiger partial charge on any atom is 0.0965 e. The molecule has 3 nitrogen and oxygen atoms in total. The van der Waals surface area contributed by atoms with Crippen molar-refractivity contribution in [2.75, 3.05) is 13.8 Å². The first-order valence-corrected chi connectivity index (χ1v) is 3.72. The van der Waals surface area contributed by atoms with Gasteiger partial charge in [-0.25, -0.2) is 0 Å². The minimum atomic E-state index is 0.0787. The lowest BCUT2D eigenvalue weighted by Crippen LogP contribution is -2.38. The minimum Gasteiger partial charge on any atom is -0.357 e. The molecule has 0 spiro atoms. The molecule has 1 aliphatic rings. The molecule has 0 bridgehead atoms. The second-order valence-corrected chi connectivity index (χ2v) is 2.38. The molecular formula is C8H14N2O. The van der Waals surface area contributed by atoms with Gasteiger partial charge in [0.25, 0.3) is 0 Å². The SMILES string of the molecule is CNC1C=CC=CC1OCN. The van der Waals surface area contributed by atoms with Crippen LogP contribution in [0.15, 0.2) is 24.3 Å². The van der Waals surface area contributed by atoms with Crippen LogP contribution >= 0.6 is 0 Å². The molecule has 1 aliphatic carbocycles. The number of nitrogens with one attached hydrogen (secondary N) is 1. The van der Waals surface area contributed by atoms with Gasteiger partial charge in [-0.3, -0.25) is 0 Å². The zero-order valence-corrected chi connectivity index (χ0v) is 6.66. The van der Waals surface area contributed by atoms with Crippen molar-refractivity contribution in [3.63, 3.8) is 0 Å². The predicted molar refractivity (Wildman–Crippen MR) is 45.1 cm³/mol. The molecule has 0 radical (unpaired) electrons. The number of nitrogens with two attached hydrogens (primary N) is 1. The van der Waals surface area contributed by atoms with E-state index in [1.807, 2.05) is 25.3 Å². The van der Waals surface area contributed by atoms with E-state index in [-0.39, 0.29) is 18.9 Å². The van der Waals surface area contributed by atoms with E-state index in [4.69, 9.17) is 10.5 Å². The molecule has 2 atom stereocenters. The van der Waals surface area contributed by atoms with Crippen LogP contribution in [0.5, 0.6) is 0 Å². The van der Waals surface area contributed by atoms with E-state index in [1.54, 1.807) is 0 Å². The highest BCUT2D eigenvalue weighted by Gasteiger charge is 2.15. The van der Waals surface area contributed by atoms with Gasteiger partial charge < -0.3 is 15.8 Å². The Hall–Kier alpha value is -0.640. The summed E-state index contributed by atoms with van der Waals surface area (Å²) in [5.41, 5.74) is 5.27. The third kappa shape index (κ3) is 2.15. The van der Waals surface area contributed by atoms with Gasteiger partial charge >= 0.3 is 0 Å². The van der Waals surface area contributed by atoms with Gasteiger partial charge in [0.1, 0.15) is 0 Å². The first-order chi connectivity index (χ1) is 5.38. The largest absolute Gasteiger partial charge is 0.357 e. The summed E-state index contributed by atoms with van der Waals surface area (Å²) in [5.74, 6) is 0. The summed E-state index contributed by atoms with van der Waals surface area (Å²) < 4.78 is 5.26. The van der Waals surface area contributed by atoms with Crippen molar-refractivity contribution >= 4 is 0 Å². The molecular weight excluding hydrogens is 140 g/mol. The first kappa shape index (κ1) is 8.46. The average molecular weight is 154 g/mol. The fraction of sp³-hybridized carbons (Fsp3) is 0.500. The van der Waals surface area contributed by atoms with Crippen molar-refractivity contribution in [1.29, 1.82) is 0 Å². The van der Waals surface area contributed by atoms with Crippen LogP contribution in [-0.4, -0.2) is 25.9 Å². The van der Waals surface area contributed by atoms with Gasteiger partial charge in [-0.1, -0.05) is 24.3 Å².